The van der Waals surface area contributed by atoms with Crippen molar-refractivity contribution in [3.8, 4) is 0 Å². The van der Waals surface area contributed by atoms with E-state index in [1.54, 1.807) is 6.33 Å². The quantitative estimate of drug-likeness (QED) is 0.731. The Hall–Kier alpha value is -2.66. The first-order valence-electron chi connectivity index (χ1n) is 9.76. The van der Waals surface area contributed by atoms with Crippen LogP contribution in [0, 0.1) is 0 Å². The van der Waals surface area contributed by atoms with Gasteiger partial charge in [0.2, 0.25) is 5.91 Å². The summed E-state index contributed by atoms with van der Waals surface area (Å²) in [6.45, 7) is 3.38. The predicted octanol–water partition coefficient (Wildman–Crippen LogP) is 3.38. The molecule has 1 unspecified atom stereocenters. The Morgan fingerprint density at radius 3 is 2.56 bits per heavy atom. The Labute approximate surface area is 160 Å². The highest BCUT2D eigenvalue weighted by atomic mass is 16.2. The van der Waals surface area contributed by atoms with Crippen molar-refractivity contribution in [3.05, 3.63) is 66.5 Å². The van der Waals surface area contributed by atoms with Gasteiger partial charge < -0.3 is 14.8 Å². The Balaban J connectivity index is 1.47. The summed E-state index contributed by atoms with van der Waals surface area (Å²) < 4.78 is 1.91. The van der Waals surface area contributed by atoms with Crippen LogP contribution in [-0.4, -0.2) is 40.0 Å². The van der Waals surface area contributed by atoms with Gasteiger partial charge in [-0.25, -0.2) is 4.98 Å². The van der Waals surface area contributed by atoms with Crippen molar-refractivity contribution in [1.29, 1.82) is 0 Å². The highest BCUT2D eigenvalue weighted by Crippen LogP contribution is 2.18. The van der Waals surface area contributed by atoms with E-state index in [0.29, 0.717) is 0 Å². The normalized spacial score (nSPS) is 16.3. The zero-order valence-corrected chi connectivity index (χ0v) is 15.6. The lowest BCUT2D eigenvalue weighted by atomic mass is 10.0. The van der Waals surface area contributed by atoms with Gasteiger partial charge in [-0.15, -0.1) is 0 Å². The van der Waals surface area contributed by atoms with Crippen molar-refractivity contribution >= 4 is 16.9 Å². The molecule has 2 aromatic carbocycles. The molecule has 0 bridgehead atoms. The van der Waals surface area contributed by atoms with E-state index in [4.69, 9.17) is 0 Å². The first kappa shape index (κ1) is 17.7. The second-order valence-corrected chi connectivity index (χ2v) is 7.25. The van der Waals surface area contributed by atoms with E-state index >= 15 is 0 Å². The fraction of sp³-hybridized carbons (Fsp3) is 0.364. The van der Waals surface area contributed by atoms with E-state index in [1.165, 1.54) is 19.3 Å². The zero-order valence-electron chi connectivity index (χ0n) is 15.6. The summed E-state index contributed by atoms with van der Waals surface area (Å²) in [7, 11) is 0. The maximum absolute atomic E-state index is 12.8. The summed E-state index contributed by atoms with van der Waals surface area (Å²) in [4.78, 5) is 19.6. The van der Waals surface area contributed by atoms with E-state index < -0.39 is 0 Å². The van der Waals surface area contributed by atoms with Crippen molar-refractivity contribution in [3.63, 3.8) is 0 Å². The lowest BCUT2D eigenvalue weighted by Crippen LogP contribution is -2.41. The molecule has 0 saturated carbocycles. The van der Waals surface area contributed by atoms with Crippen molar-refractivity contribution < 1.29 is 4.79 Å². The van der Waals surface area contributed by atoms with Gasteiger partial charge in [0, 0.05) is 6.54 Å². The molecule has 1 N–H and O–H groups in total. The molecule has 0 radical (unpaired) electrons. The molecule has 0 aliphatic carbocycles. The van der Waals surface area contributed by atoms with Crippen LogP contribution in [0.2, 0.25) is 0 Å². The number of carbonyl (C=O) groups excluding carboxylic acids is 1. The predicted molar refractivity (Wildman–Crippen MR) is 107 cm³/mol. The maximum Gasteiger partial charge on any atom is 0.240 e. The first-order chi connectivity index (χ1) is 13.3. The van der Waals surface area contributed by atoms with E-state index in [9.17, 15) is 4.79 Å². The lowest BCUT2D eigenvalue weighted by Gasteiger charge is -2.31. The maximum atomic E-state index is 12.8. The van der Waals surface area contributed by atoms with Crippen LogP contribution in [0.3, 0.4) is 0 Å². The molecule has 1 aliphatic heterocycles. The number of amides is 1. The van der Waals surface area contributed by atoms with Crippen LogP contribution in [0.25, 0.3) is 11.0 Å². The van der Waals surface area contributed by atoms with Gasteiger partial charge in [-0.05, 0) is 43.6 Å². The van der Waals surface area contributed by atoms with E-state index in [0.717, 1.165) is 36.2 Å². The highest BCUT2D eigenvalue weighted by Gasteiger charge is 2.20. The number of fused-ring (bicyclic) bond motifs is 1. The number of carbonyl (C=O) groups is 1. The standard InChI is InChI=1S/C22H26N4O/c27-22(16-26-17-23-19-11-5-6-12-21(19)26)24-20(18-9-3-1-4-10-18)15-25-13-7-2-8-14-25/h1,3-6,9-12,17,20H,2,7-8,13-16H2,(H,24,27). The molecule has 1 aliphatic rings. The van der Waals surface area contributed by atoms with E-state index in [2.05, 4.69) is 27.3 Å². The van der Waals surface area contributed by atoms with Gasteiger partial charge in [-0.2, -0.15) is 0 Å². The number of rotatable bonds is 6. The number of para-hydroxylation sites is 2. The third-order valence-corrected chi connectivity index (χ3v) is 5.27. The SMILES string of the molecule is O=C(Cn1cnc2ccccc21)NC(CN1CCCCC1)c1ccccc1. The van der Waals surface area contributed by atoms with Crippen molar-refractivity contribution in [1.82, 2.24) is 19.8 Å². The minimum Gasteiger partial charge on any atom is -0.346 e. The number of benzene rings is 2. The topological polar surface area (TPSA) is 50.2 Å². The Morgan fingerprint density at radius 1 is 1.00 bits per heavy atom. The van der Waals surface area contributed by atoms with Gasteiger partial charge in [-0.3, -0.25) is 4.79 Å². The molecule has 1 saturated heterocycles. The summed E-state index contributed by atoms with van der Waals surface area (Å²) in [5.74, 6) is 0.0176. The Bertz CT molecular complexity index is 883. The smallest absolute Gasteiger partial charge is 0.240 e. The van der Waals surface area contributed by atoms with E-state index in [-0.39, 0.29) is 18.5 Å². The molecule has 5 heteroatoms. The highest BCUT2D eigenvalue weighted by molar-refractivity contribution is 5.80. The van der Waals surface area contributed by atoms with Gasteiger partial charge in [-0.1, -0.05) is 48.9 Å². The average Bonchev–Trinajstić information content (AvgIpc) is 3.12. The van der Waals surface area contributed by atoms with Gasteiger partial charge in [0.1, 0.15) is 6.54 Å². The lowest BCUT2D eigenvalue weighted by molar-refractivity contribution is -0.122. The molecule has 1 fully saturated rings. The van der Waals surface area contributed by atoms with Crippen molar-refractivity contribution in [2.24, 2.45) is 0 Å². The summed E-state index contributed by atoms with van der Waals surface area (Å²) in [6, 6.07) is 18.2. The fourth-order valence-corrected chi connectivity index (χ4v) is 3.85. The molecule has 140 valence electrons. The molecule has 1 atom stereocenters. The number of aromatic nitrogens is 2. The van der Waals surface area contributed by atoms with Crippen molar-refractivity contribution in [2.45, 2.75) is 31.8 Å². The van der Waals surface area contributed by atoms with Crippen LogP contribution in [0.4, 0.5) is 0 Å². The number of nitrogens with zero attached hydrogens (tertiary/aromatic N) is 3. The summed E-state index contributed by atoms with van der Waals surface area (Å²) in [5, 5.41) is 3.25. The van der Waals surface area contributed by atoms with Gasteiger partial charge in [0.25, 0.3) is 0 Å². The van der Waals surface area contributed by atoms with Crippen molar-refractivity contribution in [2.75, 3.05) is 19.6 Å². The number of hydrogen-bond acceptors (Lipinski definition) is 3. The second kappa shape index (κ2) is 8.35. The monoisotopic (exact) mass is 362 g/mol. The van der Waals surface area contributed by atoms with Crippen LogP contribution in [0.5, 0.6) is 0 Å². The van der Waals surface area contributed by atoms with Crippen LogP contribution in [-0.2, 0) is 11.3 Å². The molecular weight excluding hydrogens is 336 g/mol. The summed E-state index contributed by atoms with van der Waals surface area (Å²) in [6.07, 6.45) is 5.55. The average molecular weight is 362 g/mol. The molecule has 3 aromatic rings. The third-order valence-electron chi connectivity index (χ3n) is 5.27. The van der Waals surface area contributed by atoms with Gasteiger partial charge in [0.15, 0.2) is 0 Å². The minimum atomic E-state index is 0.00610. The number of likely N-dealkylation sites (tertiary alicyclic amines) is 1. The van der Waals surface area contributed by atoms with Crippen LogP contribution >= 0.6 is 0 Å². The molecule has 5 nitrogen and oxygen atoms in total. The Kier molecular flexibility index (Phi) is 5.49. The van der Waals surface area contributed by atoms with Crippen LogP contribution < -0.4 is 5.32 Å². The molecule has 1 aromatic heterocycles. The molecule has 27 heavy (non-hydrogen) atoms. The van der Waals surface area contributed by atoms with E-state index in [1.807, 2.05) is 47.0 Å². The summed E-state index contributed by atoms with van der Waals surface area (Å²) in [5.41, 5.74) is 3.06. The zero-order chi connectivity index (χ0) is 18.5. The Morgan fingerprint density at radius 2 is 1.74 bits per heavy atom. The molecule has 2 heterocycles. The van der Waals surface area contributed by atoms with Gasteiger partial charge in [0.05, 0.1) is 23.4 Å². The number of nitrogens with one attached hydrogen (secondary N) is 1. The largest absolute Gasteiger partial charge is 0.346 e. The van der Waals surface area contributed by atoms with Crippen LogP contribution in [0.15, 0.2) is 60.9 Å². The number of piperidine rings is 1. The fourth-order valence-electron chi connectivity index (χ4n) is 3.85. The number of hydrogen-bond donors (Lipinski definition) is 1. The van der Waals surface area contributed by atoms with Crippen LogP contribution in [0.1, 0.15) is 30.9 Å². The van der Waals surface area contributed by atoms with Gasteiger partial charge >= 0.3 is 0 Å². The molecule has 0 spiro atoms. The second-order valence-electron chi connectivity index (χ2n) is 7.25. The first-order valence-corrected chi connectivity index (χ1v) is 9.76. The third kappa shape index (κ3) is 4.37. The number of imidazole rings is 1. The molecular formula is C22H26N4O. The minimum absolute atomic E-state index is 0.00610. The molecule has 1 amide bonds. The summed E-state index contributed by atoms with van der Waals surface area (Å²) >= 11 is 0. The molecule has 4 rings (SSSR count).